The van der Waals surface area contributed by atoms with Gasteiger partial charge in [0.25, 0.3) is 0 Å². The largest absolute Gasteiger partial charge is 0.394 e. The minimum absolute atomic E-state index is 0.00755. The summed E-state index contributed by atoms with van der Waals surface area (Å²) in [6.45, 7) is 4.05. The van der Waals surface area contributed by atoms with E-state index in [0.29, 0.717) is 17.6 Å². The first-order valence-corrected chi connectivity index (χ1v) is 8.31. The normalized spacial score (nSPS) is 12.2. The standard InChI is InChI=1S/C17H22N8O/c1-11(2)13(9-26)22-14-8-15(20-10-19-14)25-16(18)23-17(24-25)21-12-6-4-3-5-7-12/h3-8,10-11,13,26H,9H2,1-2H3,(H,19,20,22)(H3,18,21,23,24)/t13-/m1/s1. The third kappa shape index (κ3) is 4.06. The predicted molar refractivity (Wildman–Crippen MR) is 100 cm³/mol. The second-order valence-electron chi connectivity index (χ2n) is 6.14. The summed E-state index contributed by atoms with van der Waals surface area (Å²) in [7, 11) is 0. The molecule has 2 heterocycles. The van der Waals surface area contributed by atoms with Gasteiger partial charge in [-0.25, -0.2) is 9.97 Å². The summed E-state index contributed by atoms with van der Waals surface area (Å²) in [5, 5.41) is 20.1. The van der Waals surface area contributed by atoms with Gasteiger partial charge >= 0.3 is 0 Å². The number of hydrogen-bond acceptors (Lipinski definition) is 8. The number of aromatic nitrogens is 5. The molecule has 5 N–H and O–H groups in total. The van der Waals surface area contributed by atoms with Gasteiger partial charge in [-0.15, -0.1) is 5.10 Å². The van der Waals surface area contributed by atoms with Gasteiger partial charge in [0.1, 0.15) is 12.1 Å². The van der Waals surface area contributed by atoms with Crippen LogP contribution < -0.4 is 16.4 Å². The Morgan fingerprint density at radius 3 is 2.65 bits per heavy atom. The van der Waals surface area contributed by atoms with Crippen molar-refractivity contribution in [1.29, 1.82) is 0 Å². The van der Waals surface area contributed by atoms with Gasteiger partial charge in [-0.1, -0.05) is 32.0 Å². The lowest BCUT2D eigenvalue weighted by Gasteiger charge is -2.20. The number of nitrogens with zero attached hydrogens (tertiary/aromatic N) is 5. The molecule has 9 nitrogen and oxygen atoms in total. The summed E-state index contributed by atoms with van der Waals surface area (Å²) in [4.78, 5) is 12.6. The third-order valence-electron chi connectivity index (χ3n) is 3.87. The molecule has 0 radical (unpaired) electrons. The fourth-order valence-corrected chi connectivity index (χ4v) is 2.35. The van der Waals surface area contributed by atoms with Crippen LogP contribution in [0.2, 0.25) is 0 Å². The molecule has 1 aromatic carbocycles. The molecule has 2 aromatic heterocycles. The maximum atomic E-state index is 9.47. The predicted octanol–water partition coefficient (Wildman–Crippen LogP) is 1.81. The van der Waals surface area contributed by atoms with Crippen LogP contribution in [0.1, 0.15) is 13.8 Å². The van der Waals surface area contributed by atoms with Crippen molar-refractivity contribution in [3.8, 4) is 5.82 Å². The third-order valence-corrected chi connectivity index (χ3v) is 3.87. The lowest BCUT2D eigenvalue weighted by atomic mass is 10.1. The maximum Gasteiger partial charge on any atom is 0.248 e. The molecule has 1 atom stereocenters. The number of nitrogen functional groups attached to an aromatic ring is 1. The molecule has 136 valence electrons. The molecular formula is C17H22N8O. The summed E-state index contributed by atoms with van der Waals surface area (Å²) >= 11 is 0. The van der Waals surface area contributed by atoms with Gasteiger partial charge in [0.15, 0.2) is 5.82 Å². The number of rotatable bonds is 7. The van der Waals surface area contributed by atoms with Crippen LogP contribution in [0.3, 0.4) is 0 Å². The van der Waals surface area contributed by atoms with Crippen molar-refractivity contribution in [3.05, 3.63) is 42.7 Å². The van der Waals surface area contributed by atoms with Crippen molar-refractivity contribution in [3.63, 3.8) is 0 Å². The molecule has 3 rings (SSSR count). The Kier molecular flexibility index (Phi) is 5.28. The first-order chi connectivity index (χ1) is 12.6. The topological polar surface area (TPSA) is 127 Å². The van der Waals surface area contributed by atoms with Crippen LogP contribution in [0.4, 0.5) is 23.4 Å². The summed E-state index contributed by atoms with van der Waals surface area (Å²) in [5.74, 6) is 1.88. The van der Waals surface area contributed by atoms with Crippen molar-refractivity contribution >= 4 is 23.4 Å². The van der Waals surface area contributed by atoms with Crippen molar-refractivity contribution in [2.45, 2.75) is 19.9 Å². The van der Waals surface area contributed by atoms with Gasteiger partial charge in [-0.3, -0.25) is 0 Å². The minimum Gasteiger partial charge on any atom is -0.394 e. The molecule has 0 saturated carbocycles. The molecule has 26 heavy (non-hydrogen) atoms. The van der Waals surface area contributed by atoms with Crippen LogP contribution in [-0.2, 0) is 0 Å². The number of hydrogen-bond donors (Lipinski definition) is 4. The van der Waals surface area contributed by atoms with E-state index in [0.717, 1.165) is 5.69 Å². The van der Waals surface area contributed by atoms with E-state index in [1.54, 1.807) is 6.07 Å². The number of aliphatic hydroxyl groups excluding tert-OH is 1. The fraction of sp³-hybridized carbons (Fsp3) is 0.294. The van der Waals surface area contributed by atoms with E-state index in [2.05, 4.69) is 30.7 Å². The van der Waals surface area contributed by atoms with Gasteiger partial charge in [-0.05, 0) is 18.1 Å². The van der Waals surface area contributed by atoms with Crippen LogP contribution in [0, 0.1) is 5.92 Å². The Labute approximate surface area is 151 Å². The van der Waals surface area contributed by atoms with Crippen LogP contribution in [0.15, 0.2) is 42.7 Å². The number of anilines is 4. The molecule has 0 aliphatic carbocycles. The Morgan fingerprint density at radius 2 is 1.96 bits per heavy atom. The van der Waals surface area contributed by atoms with Gasteiger partial charge in [0.05, 0.1) is 12.6 Å². The summed E-state index contributed by atoms with van der Waals surface area (Å²) < 4.78 is 1.43. The van der Waals surface area contributed by atoms with E-state index in [4.69, 9.17) is 5.73 Å². The Bertz CT molecular complexity index is 849. The monoisotopic (exact) mass is 354 g/mol. The van der Waals surface area contributed by atoms with Crippen molar-refractivity contribution in [2.24, 2.45) is 5.92 Å². The van der Waals surface area contributed by atoms with Crippen molar-refractivity contribution in [2.75, 3.05) is 23.0 Å². The lowest BCUT2D eigenvalue weighted by molar-refractivity contribution is 0.249. The van der Waals surface area contributed by atoms with Crippen molar-refractivity contribution < 1.29 is 5.11 Å². The average Bonchev–Trinajstić information content (AvgIpc) is 3.00. The van der Waals surface area contributed by atoms with E-state index in [1.807, 2.05) is 44.2 Å². The van der Waals surface area contributed by atoms with E-state index in [-0.39, 0.29) is 24.5 Å². The molecule has 0 unspecified atom stereocenters. The van der Waals surface area contributed by atoms with E-state index >= 15 is 0 Å². The molecule has 0 amide bonds. The van der Waals surface area contributed by atoms with Crippen LogP contribution >= 0.6 is 0 Å². The summed E-state index contributed by atoms with van der Waals surface area (Å²) in [6, 6.07) is 11.2. The molecule has 0 spiro atoms. The van der Waals surface area contributed by atoms with Crippen LogP contribution in [-0.4, -0.2) is 42.5 Å². The van der Waals surface area contributed by atoms with Crippen molar-refractivity contribution in [1.82, 2.24) is 24.7 Å². The quantitative estimate of drug-likeness (QED) is 0.506. The van der Waals surface area contributed by atoms with Gasteiger partial charge in [0.2, 0.25) is 11.9 Å². The Hall–Kier alpha value is -3.20. The lowest BCUT2D eigenvalue weighted by Crippen LogP contribution is -2.29. The first kappa shape index (κ1) is 17.6. The molecule has 3 aromatic rings. The SMILES string of the molecule is CC(C)[C@@H](CO)Nc1cc(-n2nc(Nc3ccccc3)nc2N)ncn1. The fourth-order valence-electron chi connectivity index (χ4n) is 2.35. The molecule has 0 aliphatic rings. The zero-order chi connectivity index (χ0) is 18.5. The maximum absolute atomic E-state index is 9.47. The zero-order valence-corrected chi connectivity index (χ0v) is 14.7. The average molecular weight is 354 g/mol. The van der Waals surface area contributed by atoms with Gasteiger partial charge in [-0.2, -0.15) is 9.67 Å². The van der Waals surface area contributed by atoms with Gasteiger partial charge in [0, 0.05) is 11.8 Å². The summed E-state index contributed by atoms with van der Waals surface area (Å²) in [5.41, 5.74) is 6.84. The number of aliphatic hydroxyl groups is 1. The molecule has 0 fully saturated rings. The highest BCUT2D eigenvalue weighted by molar-refractivity contribution is 5.54. The molecule has 0 aliphatic heterocycles. The minimum atomic E-state index is -0.110. The number of para-hydroxylation sites is 1. The van der Waals surface area contributed by atoms with Crippen LogP contribution in [0.25, 0.3) is 5.82 Å². The highest BCUT2D eigenvalue weighted by Gasteiger charge is 2.15. The molecular weight excluding hydrogens is 332 g/mol. The Morgan fingerprint density at radius 1 is 1.19 bits per heavy atom. The molecule has 0 saturated heterocycles. The van der Waals surface area contributed by atoms with E-state index in [1.165, 1.54) is 11.0 Å². The molecule has 9 heteroatoms. The smallest absolute Gasteiger partial charge is 0.248 e. The summed E-state index contributed by atoms with van der Waals surface area (Å²) in [6.07, 6.45) is 1.41. The zero-order valence-electron chi connectivity index (χ0n) is 14.7. The first-order valence-electron chi connectivity index (χ1n) is 8.31. The highest BCUT2D eigenvalue weighted by Crippen LogP contribution is 2.18. The second kappa shape index (κ2) is 7.79. The van der Waals surface area contributed by atoms with E-state index < -0.39 is 0 Å². The second-order valence-corrected chi connectivity index (χ2v) is 6.14. The highest BCUT2D eigenvalue weighted by atomic mass is 16.3. The van der Waals surface area contributed by atoms with E-state index in [9.17, 15) is 5.11 Å². The number of benzene rings is 1. The number of nitrogens with one attached hydrogen (secondary N) is 2. The molecule has 0 bridgehead atoms. The Balaban J connectivity index is 1.82. The van der Waals surface area contributed by atoms with Crippen LogP contribution in [0.5, 0.6) is 0 Å². The number of nitrogens with two attached hydrogens (primary N) is 1. The van der Waals surface area contributed by atoms with Gasteiger partial charge < -0.3 is 21.5 Å².